The Labute approximate surface area is 156 Å². The summed E-state index contributed by atoms with van der Waals surface area (Å²) >= 11 is 0. The van der Waals surface area contributed by atoms with Gasteiger partial charge in [-0.2, -0.15) is 0 Å². The minimum absolute atomic E-state index is 0.342. The monoisotopic (exact) mass is 344 g/mol. The fourth-order valence-corrected chi connectivity index (χ4v) is 4.32. The first kappa shape index (κ1) is 17.3. The molecule has 1 N–H and O–H groups in total. The molecule has 0 aliphatic rings. The van der Waals surface area contributed by atoms with E-state index in [1.54, 1.807) is 0 Å². The second kappa shape index (κ2) is 8.05. The average Bonchev–Trinajstić information content (AvgIpc) is 2.69. The van der Waals surface area contributed by atoms with Crippen LogP contribution in [0.3, 0.4) is 0 Å². The van der Waals surface area contributed by atoms with Crippen LogP contribution in [0, 0.1) is 0 Å². The SMILES string of the molecule is OCCCCCCCCCc1ccc2ccc3cccc4ccc1c2c34. The number of hydrogen-bond acceptors (Lipinski definition) is 1. The number of hydrogen-bond donors (Lipinski definition) is 1. The Balaban J connectivity index is 1.49. The Morgan fingerprint density at radius 3 is 1.85 bits per heavy atom. The largest absolute Gasteiger partial charge is 0.396 e. The van der Waals surface area contributed by atoms with Crippen molar-refractivity contribution < 1.29 is 5.11 Å². The molecule has 0 amide bonds. The van der Waals surface area contributed by atoms with Gasteiger partial charge in [-0.25, -0.2) is 0 Å². The number of aliphatic hydroxyl groups is 1. The van der Waals surface area contributed by atoms with Gasteiger partial charge in [-0.1, -0.05) is 86.7 Å². The molecule has 4 rings (SSSR count). The minimum atomic E-state index is 0.342. The molecular weight excluding hydrogens is 316 g/mol. The van der Waals surface area contributed by atoms with Gasteiger partial charge in [0.2, 0.25) is 0 Å². The van der Waals surface area contributed by atoms with Gasteiger partial charge >= 0.3 is 0 Å². The van der Waals surface area contributed by atoms with Crippen LogP contribution < -0.4 is 0 Å². The van der Waals surface area contributed by atoms with Crippen LogP contribution >= 0.6 is 0 Å². The van der Waals surface area contributed by atoms with Crippen LogP contribution in [0.5, 0.6) is 0 Å². The van der Waals surface area contributed by atoms with Crippen LogP contribution in [-0.4, -0.2) is 11.7 Å². The number of benzene rings is 4. The van der Waals surface area contributed by atoms with Crippen molar-refractivity contribution in [2.45, 2.75) is 51.4 Å². The van der Waals surface area contributed by atoms with Crippen molar-refractivity contribution >= 4 is 32.3 Å². The molecule has 0 radical (unpaired) electrons. The molecule has 0 bridgehead atoms. The second-order valence-electron chi connectivity index (χ2n) is 7.53. The van der Waals surface area contributed by atoms with Gasteiger partial charge in [0.15, 0.2) is 0 Å². The van der Waals surface area contributed by atoms with Crippen LogP contribution in [0.2, 0.25) is 0 Å². The van der Waals surface area contributed by atoms with Gasteiger partial charge in [0, 0.05) is 6.61 Å². The molecule has 4 aromatic rings. The van der Waals surface area contributed by atoms with E-state index < -0.39 is 0 Å². The van der Waals surface area contributed by atoms with Crippen molar-refractivity contribution in [2.24, 2.45) is 0 Å². The summed E-state index contributed by atoms with van der Waals surface area (Å²) in [6, 6.07) is 20.4. The zero-order valence-electron chi connectivity index (χ0n) is 15.5. The molecule has 0 spiro atoms. The molecule has 0 heterocycles. The van der Waals surface area contributed by atoms with E-state index in [0.717, 1.165) is 6.42 Å². The Morgan fingerprint density at radius 2 is 1.12 bits per heavy atom. The molecule has 0 aliphatic heterocycles. The molecule has 134 valence electrons. The predicted molar refractivity (Wildman–Crippen MR) is 113 cm³/mol. The Bertz CT molecular complexity index is 970. The third-order valence-corrected chi connectivity index (χ3v) is 5.72. The number of aryl methyl sites for hydroxylation is 1. The van der Waals surface area contributed by atoms with Crippen molar-refractivity contribution in [1.82, 2.24) is 0 Å². The van der Waals surface area contributed by atoms with Gasteiger partial charge in [0.05, 0.1) is 0 Å². The van der Waals surface area contributed by atoms with E-state index in [4.69, 9.17) is 5.11 Å². The summed E-state index contributed by atoms with van der Waals surface area (Å²) < 4.78 is 0. The quantitative estimate of drug-likeness (QED) is 0.260. The van der Waals surface area contributed by atoms with Crippen molar-refractivity contribution in [1.29, 1.82) is 0 Å². The highest BCUT2D eigenvalue weighted by Gasteiger charge is 2.10. The lowest BCUT2D eigenvalue weighted by Gasteiger charge is -2.14. The summed E-state index contributed by atoms with van der Waals surface area (Å²) in [5.74, 6) is 0. The number of aliphatic hydroxyl groups excluding tert-OH is 1. The van der Waals surface area contributed by atoms with Crippen LogP contribution in [0.15, 0.2) is 54.6 Å². The molecule has 0 saturated carbocycles. The van der Waals surface area contributed by atoms with Crippen molar-refractivity contribution in [3.8, 4) is 0 Å². The lowest BCUT2D eigenvalue weighted by molar-refractivity contribution is 0.282. The zero-order chi connectivity index (χ0) is 17.8. The molecule has 0 aliphatic carbocycles. The highest BCUT2D eigenvalue weighted by atomic mass is 16.2. The van der Waals surface area contributed by atoms with E-state index in [-0.39, 0.29) is 0 Å². The maximum atomic E-state index is 8.82. The van der Waals surface area contributed by atoms with E-state index in [2.05, 4.69) is 54.6 Å². The van der Waals surface area contributed by atoms with Crippen LogP contribution in [-0.2, 0) is 6.42 Å². The first-order valence-corrected chi connectivity index (χ1v) is 10.1. The first-order valence-electron chi connectivity index (χ1n) is 10.1. The highest BCUT2D eigenvalue weighted by molar-refractivity contribution is 6.23. The standard InChI is InChI=1S/C25H28O/c26-18-7-5-3-1-2-4-6-9-19-12-13-22-15-14-20-10-8-11-21-16-17-23(19)25(22)24(20)21/h8,10-17,26H,1-7,9,18H2. The lowest BCUT2D eigenvalue weighted by atomic mass is 9.90. The maximum absolute atomic E-state index is 8.82. The van der Waals surface area contributed by atoms with E-state index in [9.17, 15) is 0 Å². The number of rotatable bonds is 9. The fraction of sp³-hybridized carbons (Fsp3) is 0.360. The molecule has 0 saturated heterocycles. The predicted octanol–water partition coefficient (Wildman–Crippen LogP) is 6.85. The molecule has 0 aromatic heterocycles. The minimum Gasteiger partial charge on any atom is -0.396 e. The van der Waals surface area contributed by atoms with Crippen molar-refractivity contribution in [3.05, 3.63) is 60.2 Å². The summed E-state index contributed by atoms with van der Waals surface area (Å²) in [5, 5.41) is 17.2. The van der Waals surface area contributed by atoms with Crippen LogP contribution in [0.4, 0.5) is 0 Å². The molecule has 1 nitrogen and oxygen atoms in total. The Morgan fingerprint density at radius 1 is 0.538 bits per heavy atom. The highest BCUT2D eigenvalue weighted by Crippen LogP contribution is 2.36. The fourth-order valence-electron chi connectivity index (χ4n) is 4.32. The van der Waals surface area contributed by atoms with Gasteiger partial charge in [0.1, 0.15) is 0 Å². The smallest absolute Gasteiger partial charge is 0.0431 e. The summed E-state index contributed by atoms with van der Waals surface area (Å²) in [4.78, 5) is 0. The van der Waals surface area contributed by atoms with E-state index in [1.165, 1.54) is 82.8 Å². The normalized spacial score (nSPS) is 11.9. The lowest BCUT2D eigenvalue weighted by Crippen LogP contribution is -1.91. The van der Waals surface area contributed by atoms with Gasteiger partial charge in [-0.3, -0.25) is 0 Å². The van der Waals surface area contributed by atoms with Crippen molar-refractivity contribution in [2.75, 3.05) is 6.61 Å². The molecule has 0 unspecified atom stereocenters. The van der Waals surface area contributed by atoms with Crippen molar-refractivity contribution in [3.63, 3.8) is 0 Å². The molecule has 0 atom stereocenters. The van der Waals surface area contributed by atoms with E-state index in [1.807, 2.05) is 0 Å². The zero-order valence-corrected chi connectivity index (χ0v) is 15.5. The van der Waals surface area contributed by atoms with Gasteiger partial charge in [-0.15, -0.1) is 0 Å². The molecule has 0 fully saturated rings. The van der Waals surface area contributed by atoms with E-state index in [0.29, 0.717) is 6.61 Å². The molecular formula is C25H28O. The summed E-state index contributed by atoms with van der Waals surface area (Å²) in [7, 11) is 0. The average molecular weight is 344 g/mol. The van der Waals surface area contributed by atoms with Crippen LogP contribution in [0.25, 0.3) is 32.3 Å². The summed E-state index contributed by atoms with van der Waals surface area (Å²) in [6.07, 6.45) is 9.76. The van der Waals surface area contributed by atoms with E-state index >= 15 is 0 Å². The third-order valence-electron chi connectivity index (χ3n) is 5.72. The third kappa shape index (κ3) is 3.41. The Kier molecular flexibility index (Phi) is 5.36. The molecule has 26 heavy (non-hydrogen) atoms. The first-order chi connectivity index (χ1) is 12.9. The summed E-state index contributed by atoms with van der Waals surface area (Å²) in [6.45, 7) is 0.342. The Hall–Kier alpha value is -2.12. The maximum Gasteiger partial charge on any atom is 0.0431 e. The summed E-state index contributed by atoms with van der Waals surface area (Å²) in [5.41, 5.74) is 1.50. The van der Waals surface area contributed by atoms with Gasteiger partial charge in [0.25, 0.3) is 0 Å². The molecule has 4 aromatic carbocycles. The van der Waals surface area contributed by atoms with Gasteiger partial charge in [-0.05, 0) is 57.1 Å². The topological polar surface area (TPSA) is 20.2 Å². The van der Waals surface area contributed by atoms with Gasteiger partial charge < -0.3 is 5.11 Å². The second-order valence-corrected chi connectivity index (χ2v) is 7.53. The number of unbranched alkanes of at least 4 members (excludes halogenated alkanes) is 6. The molecule has 1 heteroatoms. The van der Waals surface area contributed by atoms with Crippen LogP contribution in [0.1, 0.15) is 50.5 Å².